The number of hydrogen-bond donors (Lipinski definition) is 1. The molecule has 1 amide bonds. The van der Waals surface area contributed by atoms with Crippen molar-refractivity contribution in [1.82, 2.24) is 5.32 Å². The van der Waals surface area contributed by atoms with Gasteiger partial charge in [0.05, 0.1) is 6.07 Å². The topological polar surface area (TPSA) is 62.1 Å². The second kappa shape index (κ2) is 4.83. The molecule has 4 heteroatoms. The van der Waals surface area contributed by atoms with Crippen molar-refractivity contribution in [1.29, 1.82) is 5.26 Å². The van der Waals surface area contributed by atoms with Gasteiger partial charge in [0.1, 0.15) is 12.1 Å². The first-order valence-electron chi connectivity index (χ1n) is 4.55. The second-order valence-electron chi connectivity index (χ2n) is 3.21. The van der Waals surface area contributed by atoms with E-state index < -0.39 is 6.04 Å². The molecular weight excluding hydrogens is 168 g/mol. The molecule has 0 aromatic rings. The molecule has 4 nitrogen and oxygen atoms in total. The summed E-state index contributed by atoms with van der Waals surface area (Å²) < 4.78 is 5.26. The molecule has 1 N–H and O–H groups in total. The summed E-state index contributed by atoms with van der Waals surface area (Å²) in [6, 6.07) is 1.52. The average molecular weight is 182 g/mol. The number of nitriles is 1. The monoisotopic (exact) mass is 182 g/mol. The second-order valence-corrected chi connectivity index (χ2v) is 3.21. The van der Waals surface area contributed by atoms with Crippen molar-refractivity contribution in [3.63, 3.8) is 0 Å². The third kappa shape index (κ3) is 3.03. The minimum absolute atomic E-state index is 0.159. The zero-order valence-electron chi connectivity index (χ0n) is 7.75. The normalized spacial score (nSPS) is 24.5. The summed E-state index contributed by atoms with van der Waals surface area (Å²) >= 11 is 0. The van der Waals surface area contributed by atoms with Gasteiger partial charge in [0.2, 0.25) is 5.91 Å². The fourth-order valence-electron chi connectivity index (χ4n) is 1.29. The van der Waals surface area contributed by atoms with Crippen molar-refractivity contribution in [2.75, 3.05) is 6.61 Å². The van der Waals surface area contributed by atoms with E-state index in [-0.39, 0.29) is 12.0 Å². The van der Waals surface area contributed by atoms with E-state index in [4.69, 9.17) is 10.00 Å². The maximum atomic E-state index is 11.4. The van der Waals surface area contributed by atoms with Gasteiger partial charge < -0.3 is 10.1 Å². The van der Waals surface area contributed by atoms with Gasteiger partial charge in [-0.05, 0) is 26.2 Å². The van der Waals surface area contributed by atoms with Crippen molar-refractivity contribution < 1.29 is 9.53 Å². The lowest BCUT2D eigenvalue weighted by Gasteiger charge is -2.22. The Bertz CT molecular complexity index is 216. The molecule has 1 saturated heterocycles. The molecule has 0 aliphatic carbocycles. The fourth-order valence-corrected chi connectivity index (χ4v) is 1.29. The number of hydrogen-bond acceptors (Lipinski definition) is 3. The summed E-state index contributed by atoms with van der Waals surface area (Å²) in [7, 11) is 0. The molecule has 1 aliphatic rings. The Balaban J connectivity index is 2.34. The van der Waals surface area contributed by atoms with Crippen LogP contribution < -0.4 is 5.32 Å². The Morgan fingerprint density at radius 3 is 3.00 bits per heavy atom. The molecule has 0 radical (unpaired) electrons. The molecule has 1 aliphatic heterocycles. The van der Waals surface area contributed by atoms with Gasteiger partial charge in [-0.25, -0.2) is 0 Å². The van der Waals surface area contributed by atoms with Crippen molar-refractivity contribution in [2.24, 2.45) is 0 Å². The van der Waals surface area contributed by atoms with Gasteiger partial charge >= 0.3 is 0 Å². The van der Waals surface area contributed by atoms with Crippen LogP contribution in [0.3, 0.4) is 0 Å². The highest BCUT2D eigenvalue weighted by atomic mass is 16.5. The summed E-state index contributed by atoms with van der Waals surface area (Å²) in [5, 5.41) is 11.1. The molecule has 0 spiro atoms. The van der Waals surface area contributed by atoms with Gasteiger partial charge in [-0.3, -0.25) is 4.79 Å². The van der Waals surface area contributed by atoms with E-state index in [1.165, 1.54) is 0 Å². The molecular formula is C9H14N2O2. The molecule has 2 unspecified atom stereocenters. The molecule has 0 bridgehead atoms. The van der Waals surface area contributed by atoms with Gasteiger partial charge in [0.15, 0.2) is 0 Å². The summed E-state index contributed by atoms with van der Waals surface area (Å²) in [5.41, 5.74) is 0. The Hall–Kier alpha value is -1.08. The number of rotatable bonds is 2. The van der Waals surface area contributed by atoms with Crippen LogP contribution in [0.15, 0.2) is 0 Å². The number of carbonyl (C=O) groups is 1. The van der Waals surface area contributed by atoms with E-state index >= 15 is 0 Å². The summed E-state index contributed by atoms with van der Waals surface area (Å²) in [6.07, 6.45) is 2.48. The molecule has 0 aromatic heterocycles. The largest absolute Gasteiger partial charge is 0.368 e. The smallest absolute Gasteiger partial charge is 0.250 e. The summed E-state index contributed by atoms with van der Waals surface area (Å²) in [4.78, 5) is 11.4. The van der Waals surface area contributed by atoms with Crippen LogP contribution in [0, 0.1) is 11.3 Å². The molecule has 0 saturated carbocycles. The molecule has 1 rings (SSSR count). The summed E-state index contributed by atoms with van der Waals surface area (Å²) in [6.45, 7) is 2.31. The Morgan fingerprint density at radius 1 is 1.69 bits per heavy atom. The zero-order valence-corrected chi connectivity index (χ0v) is 7.75. The van der Waals surface area contributed by atoms with Gasteiger partial charge in [-0.1, -0.05) is 0 Å². The predicted octanol–water partition coefficient (Wildman–Crippen LogP) is 0.584. The van der Waals surface area contributed by atoms with E-state index in [1.54, 1.807) is 6.92 Å². The summed E-state index contributed by atoms with van der Waals surface area (Å²) in [5.74, 6) is -0.159. The Labute approximate surface area is 77.9 Å². The van der Waals surface area contributed by atoms with E-state index in [2.05, 4.69) is 5.32 Å². The lowest BCUT2D eigenvalue weighted by Crippen LogP contribution is -2.42. The van der Waals surface area contributed by atoms with Crippen LogP contribution in [0.25, 0.3) is 0 Å². The van der Waals surface area contributed by atoms with Gasteiger partial charge in [-0.15, -0.1) is 0 Å². The van der Waals surface area contributed by atoms with Crippen LogP contribution in [-0.4, -0.2) is 24.7 Å². The van der Waals surface area contributed by atoms with Crippen LogP contribution in [-0.2, 0) is 9.53 Å². The van der Waals surface area contributed by atoms with E-state index in [0.29, 0.717) is 6.61 Å². The lowest BCUT2D eigenvalue weighted by molar-refractivity contribution is -0.135. The fraction of sp³-hybridized carbons (Fsp3) is 0.778. The third-order valence-corrected chi connectivity index (χ3v) is 2.02. The SMILES string of the molecule is CC(C#N)NC(=O)C1CCCCO1. The molecule has 0 aromatic carbocycles. The Morgan fingerprint density at radius 2 is 2.46 bits per heavy atom. The van der Waals surface area contributed by atoms with Gasteiger partial charge in [-0.2, -0.15) is 5.26 Å². The average Bonchev–Trinajstić information content (AvgIpc) is 2.19. The Kier molecular flexibility index (Phi) is 3.71. The third-order valence-electron chi connectivity index (χ3n) is 2.02. The van der Waals surface area contributed by atoms with Crippen LogP contribution in [0.5, 0.6) is 0 Å². The highest BCUT2D eigenvalue weighted by Gasteiger charge is 2.22. The molecule has 13 heavy (non-hydrogen) atoms. The van der Waals surface area contributed by atoms with Crippen molar-refractivity contribution >= 4 is 5.91 Å². The maximum Gasteiger partial charge on any atom is 0.250 e. The first-order valence-corrected chi connectivity index (χ1v) is 4.55. The number of nitrogens with one attached hydrogen (secondary N) is 1. The van der Waals surface area contributed by atoms with Gasteiger partial charge in [0, 0.05) is 6.61 Å². The highest BCUT2D eigenvalue weighted by molar-refractivity contribution is 5.81. The standard InChI is InChI=1S/C9H14N2O2/c1-7(6-10)11-9(12)8-4-2-3-5-13-8/h7-8H,2-5H2,1H3,(H,11,12). The lowest BCUT2D eigenvalue weighted by atomic mass is 10.1. The molecule has 1 fully saturated rings. The maximum absolute atomic E-state index is 11.4. The van der Waals surface area contributed by atoms with Crippen molar-refractivity contribution in [2.45, 2.75) is 38.3 Å². The molecule has 1 heterocycles. The van der Waals surface area contributed by atoms with E-state index in [9.17, 15) is 4.79 Å². The van der Waals surface area contributed by atoms with E-state index in [0.717, 1.165) is 19.3 Å². The number of nitrogens with zero attached hydrogens (tertiary/aromatic N) is 1. The van der Waals surface area contributed by atoms with Crippen LogP contribution in [0.4, 0.5) is 0 Å². The highest BCUT2D eigenvalue weighted by Crippen LogP contribution is 2.12. The zero-order chi connectivity index (χ0) is 9.68. The van der Waals surface area contributed by atoms with Crippen molar-refractivity contribution in [3.8, 4) is 6.07 Å². The number of amides is 1. The van der Waals surface area contributed by atoms with Gasteiger partial charge in [0.25, 0.3) is 0 Å². The quantitative estimate of drug-likeness (QED) is 0.679. The first-order chi connectivity index (χ1) is 6.24. The molecule has 2 atom stereocenters. The minimum Gasteiger partial charge on any atom is -0.368 e. The van der Waals surface area contributed by atoms with Crippen LogP contribution >= 0.6 is 0 Å². The van der Waals surface area contributed by atoms with Crippen LogP contribution in [0.1, 0.15) is 26.2 Å². The predicted molar refractivity (Wildman–Crippen MR) is 46.8 cm³/mol. The van der Waals surface area contributed by atoms with Crippen molar-refractivity contribution in [3.05, 3.63) is 0 Å². The number of carbonyl (C=O) groups excluding carboxylic acids is 1. The minimum atomic E-state index is -0.432. The number of ether oxygens (including phenoxy) is 1. The van der Waals surface area contributed by atoms with Crippen LogP contribution in [0.2, 0.25) is 0 Å². The first kappa shape index (κ1) is 10.0. The molecule has 72 valence electrons. The van der Waals surface area contributed by atoms with E-state index in [1.807, 2.05) is 6.07 Å².